The summed E-state index contributed by atoms with van der Waals surface area (Å²) in [6.07, 6.45) is -1.41. The third-order valence-corrected chi connectivity index (χ3v) is 7.03. The largest absolute Gasteiger partial charge is 0.482 e. The van der Waals surface area contributed by atoms with Gasteiger partial charge in [-0.05, 0) is 40.8 Å². The summed E-state index contributed by atoms with van der Waals surface area (Å²) < 4.78 is 20.0. The molecule has 5 rings (SSSR count). The number of amides is 3. The Balaban J connectivity index is 1.39. The van der Waals surface area contributed by atoms with Crippen LogP contribution in [0.15, 0.2) is 72.8 Å². The van der Waals surface area contributed by atoms with Gasteiger partial charge in [-0.3, -0.25) is 14.4 Å². The fourth-order valence-corrected chi connectivity index (χ4v) is 4.96. The number of likely N-dealkylation sites (tertiary alicyclic amines) is 1. The topological polar surface area (TPSA) is 87.7 Å². The summed E-state index contributed by atoms with van der Waals surface area (Å²) in [6, 6.07) is 20.9. The van der Waals surface area contributed by atoms with Gasteiger partial charge in [0, 0.05) is 12.0 Å². The van der Waals surface area contributed by atoms with Gasteiger partial charge in [-0.2, -0.15) is 0 Å². The van der Waals surface area contributed by atoms with Crippen molar-refractivity contribution < 1.29 is 23.5 Å². The van der Waals surface area contributed by atoms with E-state index in [1.807, 2.05) is 54.6 Å². The highest BCUT2D eigenvalue weighted by Gasteiger charge is 2.41. The third-order valence-electron chi connectivity index (χ3n) is 7.03. The fourth-order valence-electron chi connectivity index (χ4n) is 4.96. The van der Waals surface area contributed by atoms with Crippen LogP contribution in [0.5, 0.6) is 5.75 Å². The molecule has 3 atom stereocenters. The zero-order valence-electron chi connectivity index (χ0n) is 21.3. The van der Waals surface area contributed by atoms with Gasteiger partial charge in [-0.1, -0.05) is 68.4 Å². The molecule has 196 valence electrons. The molecule has 3 amide bonds. The van der Waals surface area contributed by atoms with E-state index in [1.54, 1.807) is 12.1 Å². The molecule has 0 spiro atoms. The molecule has 1 saturated heterocycles. The summed E-state index contributed by atoms with van der Waals surface area (Å²) >= 11 is 0. The van der Waals surface area contributed by atoms with Crippen LogP contribution in [0, 0.1) is 0 Å². The van der Waals surface area contributed by atoms with Crippen molar-refractivity contribution in [3.05, 3.63) is 95.1 Å². The quantitative estimate of drug-likeness (QED) is 0.502. The van der Waals surface area contributed by atoms with Crippen molar-refractivity contribution in [1.82, 2.24) is 10.2 Å². The minimum Gasteiger partial charge on any atom is -0.482 e. The molecule has 2 aliphatic heterocycles. The van der Waals surface area contributed by atoms with Crippen molar-refractivity contribution in [2.75, 3.05) is 18.5 Å². The predicted molar refractivity (Wildman–Crippen MR) is 142 cm³/mol. The Morgan fingerprint density at radius 2 is 1.68 bits per heavy atom. The lowest BCUT2D eigenvalue weighted by Gasteiger charge is -2.27. The number of alkyl halides is 1. The van der Waals surface area contributed by atoms with Crippen molar-refractivity contribution in [2.24, 2.45) is 0 Å². The monoisotopic (exact) mass is 515 g/mol. The fraction of sp³-hybridized carbons (Fsp3) is 0.300. The Kier molecular flexibility index (Phi) is 7.13. The van der Waals surface area contributed by atoms with E-state index >= 15 is 0 Å². The number of halogens is 1. The van der Waals surface area contributed by atoms with Gasteiger partial charge in [-0.15, -0.1) is 0 Å². The molecular formula is C30H30FN3O4. The van der Waals surface area contributed by atoms with Crippen LogP contribution in [-0.4, -0.2) is 48.0 Å². The van der Waals surface area contributed by atoms with Crippen LogP contribution in [-0.2, 0) is 9.59 Å². The summed E-state index contributed by atoms with van der Waals surface area (Å²) in [7, 11) is 0. The van der Waals surface area contributed by atoms with E-state index in [1.165, 1.54) is 16.5 Å². The summed E-state index contributed by atoms with van der Waals surface area (Å²) in [6.45, 7) is 3.96. The number of rotatable bonds is 6. The molecular weight excluding hydrogens is 485 g/mol. The predicted octanol–water partition coefficient (Wildman–Crippen LogP) is 4.60. The molecule has 0 aromatic heterocycles. The van der Waals surface area contributed by atoms with E-state index in [4.69, 9.17) is 4.74 Å². The first-order chi connectivity index (χ1) is 18.3. The Morgan fingerprint density at radius 1 is 1.00 bits per heavy atom. The zero-order chi connectivity index (χ0) is 26.8. The van der Waals surface area contributed by atoms with Crippen molar-refractivity contribution >= 4 is 23.4 Å². The highest BCUT2D eigenvalue weighted by Crippen LogP contribution is 2.31. The smallest absolute Gasteiger partial charge is 0.262 e. The summed E-state index contributed by atoms with van der Waals surface area (Å²) in [5.74, 6) is -0.399. The second-order valence-electron chi connectivity index (χ2n) is 10.0. The molecule has 2 N–H and O–H groups in total. The first kappa shape index (κ1) is 25.4. The molecule has 7 nitrogen and oxygen atoms in total. The number of hydrogen-bond donors (Lipinski definition) is 2. The minimum atomic E-state index is -1.32. The first-order valence-electron chi connectivity index (χ1n) is 12.8. The van der Waals surface area contributed by atoms with Crippen LogP contribution in [0.3, 0.4) is 0 Å². The normalized spacial score (nSPS) is 19.4. The van der Waals surface area contributed by atoms with Gasteiger partial charge in [0.15, 0.2) is 6.61 Å². The maximum atomic E-state index is 14.6. The lowest BCUT2D eigenvalue weighted by molar-refractivity contribution is -0.125. The average molecular weight is 516 g/mol. The van der Waals surface area contributed by atoms with Crippen molar-refractivity contribution in [2.45, 2.75) is 44.4 Å². The third kappa shape index (κ3) is 5.25. The van der Waals surface area contributed by atoms with Gasteiger partial charge in [0.05, 0.1) is 18.3 Å². The molecule has 3 aromatic carbocycles. The van der Waals surface area contributed by atoms with Crippen LogP contribution in [0.2, 0.25) is 0 Å². The lowest BCUT2D eigenvalue weighted by atomic mass is 9.95. The Hall–Kier alpha value is -4.20. The highest BCUT2D eigenvalue weighted by atomic mass is 19.1. The summed E-state index contributed by atoms with van der Waals surface area (Å²) in [5.41, 5.74) is 3.58. The van der Waals surface area contributed by atoms with E-state index in [2.05, 4.69) is 24.5 Å². The van der Waals surface area contributed by atoms with Crippen molar-refractivity contribution in [1.29, 1.82) is 0 Å². The van der Waals surface area contributed by atoms with E-state index in [0.717, 1.165) is 11.1 Å². The number of benzene rings is 3. The van der Waals surface area contributed by atoms with Gasteiger partial charge in [0.2, 0.25) is 5.91 Å². The Morgan fingerprint density at radius 3 is 2.39 bits per heavy atom. The standard InChI is InChI=1S/C30H30FN3O4/c1-18(2)19-8-10-21(11-9-19)28(20-6-4-3-5-7-20)33-29(36)25-15-23(31)16-34(25)30(37)22-12-13-26-24(14-22)32-27(35)17-38-26/h3-14,18,23,25,28H,15-17H2,1-2H3,(H,32,35)(H,33,36). The molecule has 1 fully saturated rings. The number of nitrogens with one attached hydrogen (secondary N) is 2. The van der Waals surface area contributed by atoms with E-state index in [-0.39, 0.29) is 31.0 Å². The number of carbonyl (C=O) groups excluding carboxylic acids is 3. The van der Waals surface area contributed by atoms with Crippen molar-refractivity contribution in [3.8, 4) is 5.75 Å². The van der Waals surface area contributed by atoms with E-state index in [0.29, 0.717) is 17.4 Å². The first-order valence-corrected chi connectivity index (χ1v) is 12.8. The molecule has 2 heterocycles. The van der Waals surface area contributed by atoms with Crippen LogP contribution < -0.4 is 15.4 Å². The van der Waals surface area contributed by atoms with Gasteiger partial charge in [-0.25, -0.2) is 4.39 Å². The maximum absolute atomic E-state index is 14.6. The van der Waals surface area contributed by atoms with Crippen LogP contribution in [0.25, 0.3) is 0 Å². The SMILES string of the molecule is CC(C)c1ccc(C(NC(=O)C2CC(F)CN2C(=O)c2ccc3c(c2)NC(=O)CO3)c2ccccc2)cc1. The van der Waals surface area contributed by atoms with Gasteiger partial charge in [0.1, 0.15) is 18.0 Å². The van der Waals surface area contributed by atoms with Crippen molar-refractivity contribution in [3.63, 3.8) is 0 Å². The Bertz CT molecular complexity index is 1340. The van der Waals surface area contributed by atoms with Crippen LogP contribution in [0.1, 0.15) is 59.3 Å². The molecule has 0 bridgehead atoms. The molecule has 0 aliphatic carbocycles. The molecule has 2 aliphatic rings. The second-order valence-corrected chi connectivity index (χ2v) is 10.0. The number of ether oxygens (including phenoxy) is 1. The number of anilines is 1. The molecule has 3 aromatic rings. The molecule has 38 heavy (non-hydrogen) atoms. The van der Waals surface area contributed by atoms with Gasteiger partial charge in [0.25, 0.3) is 11.8 Å². The highest BCUT2D eigenvalue weighted by molar-refractivity contribution is 6.01. The zero-order valence-corrected chi connectivity index (χ0v) is 21.3. The van der Waals surface area contributed by atoms with Crippen LogP contribution in [0.4, 0.5) is 10.1 Å². The number of carbonyl (C=O) groups is 3. The second kappa shape index (κ2) is 10.7. The summed E-state index contributed by atoms with van der Waals surface area (Å²) in [4.78, 5) is 40.0. The van der Waals surface area contributed by atoms with Gasteiger partial charge >= 0.3 is 0 Å². The van der Waals surface area contributed by atoms with E-state index < -0.39 is 30.1 Å². The Labute approximate surface area is 221 Å². The average Bonchev–Trinajstić information content (AvgIpc) is 3.33. The van der Waals surface area contributed by atoms with E-state index in [9.17, 15) is 18.8 Å². The molecule has 0 saturated carbocycles. The lowest BCUT2D eigenvalue weighted by Crippen LogP contribution is -2.47. The number of nitrogens with zero attached hydrogens (tertiary/aromatic N) is 1. The number of hydrogen-bond acceptors (Lipinski definition) is 4. The molecule has 8 heteroatoms. The number of fused-ring (bicyclic) bond motifs is 1. The van der Waals surface area contributed by atoms with Crippen LogP contribution >= 0.6 is 0 Å². The minimum absolute atomic E-state index is 0.0871. The van der Waals surface area contributed by atoms with Gasteiger partial charge < -0.3 is 20.3 Å². The molecule has 0 radical (unpaired) electrons. The molecule has 3 unspecified atom stereocenters. The summed E-state index contributed by atoms with van der Waals surface area (Å²) in [5, 5.41) is 5.75. The maximum Gasteiger partial charge on any atom is 0.262 e.